The second-order valence-corrected chi connectivity index (χ2v) is 6.73. The van der Waals surface area contributed by atoms with Crippen molar-refractivity contribution >= 4 is 29.1 Å². The Bertz CT molecular complexity index is 1160. The molecule has 6 nitrogen and oxygen atoms in total. The highest BCUT2D eigenvalue weighted by molar-refractivity contribution is 6.03. The minimum absolute atomic E-state index is 0.339. The van der Waals surface area contributed by atoms with E-state index in [0.29, 0.717) is 18.7 Å². The summed E-state index contributed by atoms with van der Waals surface area (Å²) in [4.78, 5) is 13.3. The van der Waals surface area contributed by atoms with E-state index >= 15 is 0 Å². The van der Waals surface area contributed by atoms with Crippen LogP contribution >= 0.6 is 0 Å². The molecule has 0 atom stereocenters. The number of nitrogens with one attached hydrogen (secondary N) is 2. The maximum Gasteiger partial charge on any atom is 0.159 e. The predicted molar refractivity (Wildman–Crippen MR) is 107 cm³/mol. The predicted octanol–water partition coefficient (Wildman–Crippen LogP) is 3.73. The van der Waals surface area contributed by atoms with Crippen LogP contribution in [0.15, 0.2) is 60.0 Å². The molecule has 0 unspecified atom stereocenters. The van der Waals surface area contributed by atoms with E-state index in [9.17, 15) is 8.78 Å². The van der Waals surface area contributed by atoms with Crippen LogP contribution in [0.25, 0.3) is 11.3 Å². The van der Waals surface area contributed by atoms with E-state index in [2.05, 4.69) is 25.7 Å². The van der Waals surface area contributed by atoms with Gasteiger partial charge in [0.25, 0.3) is 0 Å². The number of nitrogens with zero attached hydrogens (tertiary/aromatic N) is 4. The molecule has 2 aliphatic rings. The normalized spacial score (nSPS) is 14.6. The summed E-state index contributed by atoms with van der Waals surface area (Å²) >= 11 is 0. The Balaban J connectivity index is 1.45. The molecule has 0 bridgehead atoms. The molecule has 0 radical (unpaired) electrons. The molecule has 0 fully saturated rings. The maximum atomic E-state index is 13.4. The molecule has 0 saturated carbocycles. The Morgan fingerprint density at radius 1 is 1.07 bits per heavy atom. The topological polar surface area (TPSA) is 65.4 Å². The smallest absolute Gasteiger partial charge is 0.159 e. The van der Waals surface area contributed by atoms with Crippen molar-refractivity contribution in [1.82, 2.24) is 20.4 Å². The van der Waals surface area contributed by atoms with Crippen molar-refractivity contribution in [3.8, 4) is 0 Å². The summed E-state index contributed by atoms with van der Waals surface area (Å²) in [5, 5.41) is 5.16. The molecule has 0 saturated heterocycles. The molecular weight excluding hydrogens is 374 g/mol. The van der Waals surface area contributed by atoms with Gasteiger partial charge in [-0.1, -0.05) is 6.07 Å². The summed E-state index contributed by atoms with van der Waals surface area (Å²) in [6, 6.07) is 9.66. The van der Waals surface area contributed by atoms with Crippen molar-refractivity contribution in [3.05, 3.63) is 83.3 Å². The summed E-state index contributed by atoms with van der Waals surface area (Å²) in [7, 11) is 0. The lowest BCUT2D eigenvalue weighted by atomic mass is 10.0. The summed E-state index contributed by atoms with van der Waals surface area (Å²) < 4.78 is 26.6. The minimum atomic E-state index is -0.859. The number of hydrogen-bond donors (Lipinski definition) is 2. The van der Waals surface area contributed by atoms with Crippen molar-refractivity contribution < 1.29 is 8.78 Å². The van der Waals surface area contributed by atoms with Gasteiger partial charge in [0.1, 0.15) is 12.2 Å². The molecule has 5 rings (SSSR count). The summed E-state index contributed by atoms with van der Waals surface area (Å²) in [6.45, 7) is 0.876. The Morgan fingerprint density at radius 2 is 2.00 bits per heavy atom. The second-order valence-electron chi connectivity index (χ2n) is 6.73. The third-order valence-electron chi connectivity index (χ3n) is 4.87. The molecule has 8 heteroatoms. The number of halogens is 2. The first-order chi connectivity index (χ1) is 14.2. The Labute approximate surface area is 165 Å². The van der Waals surface area contributed by atoms with Crippen LogP contribution in [-0.2, 0) is 6.54 Å². The van der Waals surface area contributed by atoms with Gasteiger partial charge in [0.15, 0.2) is 11.6 Å². The Morgan fingerprint density at radius 3 is 2.90 bits per heavy atom. The van der Waals surface area contributed by atoms with Crippen LogP contribution in [0.4, 0.5) is 20.3 Å². The average Bonchev–Trinajstić information content (AvgIpc) is 2.89. The first kappa shape index (κ1) is 17.4. The number of aromatic nitrogens is 2. The fourth-order valence-corrected chi connectivity index (χ4v) is 3.46. The van der Waals surface area contributed by atoms with E-state index in [1.165, 1.54) is 6.07 Å². The Kier molecular flexibility index (Phi) is 4.25. The largest absolute Gasteiger partial charge is 0.338 e. The van der Waals surface area contributed by atoms with Gasteiger partial charge >= 0.3 is 0 Å². The molecule has 1 aromatic carbocycles. The van der Waals surface area contributed by atoms with Gasteiger partial charge in [-0.2, -0.15) is 0 Å². The summed E-state index contributed by atoms with van der Waals surface area (Å²) in [5.74, 6) is -0.986. The lowest BCUT2D eigenvalue weighted by Crippen LogP contribution is -2.39. The molecule has 29 heavy (non-hydrogen) atoms. The number of aliphatic imine (C=N–C) groups is 1. The number of benzene rings is 1. The summed E-state index contributed by atoms with van der Waals surface area (Å²) in [5.41, 5.74) is 8.46. The van der Waals surface area contributed by atoms with E-state index in [0.717, 1.165) is 40.0 Å². The third-order valence-corrected chi connectivity index (χ3v) is 4.87. The maximum absolute atomic E-state index is 13.4. The number of fused-ring (bicyclic) bond motifs is 4. The molecule has 2 aliphatic heterocycles. The highest BCUT2D eigenvalue weighted by atomic mass is 19.2. The fraction of sp³-hybridized carbons (Fsp3) is 0.0952. The highest BCUT2D eigenvalue weighted by Gasteiger charge is 2.25. The monoisotopic (exact) mass is 390 g/mol. The summed E-state index contributed by atoms with van der Waals surface area (Å²) in [6.07, 6.45) is 6.93. The molecule has 2 N–H and O–H groups in total. The quantitative estimate of drug-likeness (QED) is 0.714. The number of anilines is 2. The highest BCUT2D eigenvalue weighted by Crippen LogP contribution is 2.40. The zero-order valence-electron chi connectivity index (χ0n) is 15.2. The first-order valence-electron chi connectivity index (χ1n) is 9.07. The molecule has 2 aromatic heterocycles. The van der Waals surface area contributed by atoms with Gasteiger partial charge < -0.3 is 5.32 Å². The van der Waals surface area contributed by atoms with Crippen LogP contribution in [0, 0.1) is 11.6 Å². The molecule has 0 spiro atoms. The van der Waals surface area contributed by atoms with E-state index in [4.69, 9.17) is 0 Å². The van der Waals surface area contributed by atoms with E-state index < -0.39 is 11.6 Å². The van der Waals surface area contributed by atoms with Crippen molar-refractivity contribution in [1.29, 1.82) is 0 Å². The number of rotatable bonds is 3. The molecule has 3 aromatic rings. The van der Waals surface area contributed by atoms with Gasteiger partial charge in [0, 0.05) is 35.6 Å². The SMILES string of the molecule is Fc1ccc(CNN2C=NC3=C(C2)c2ccncc2Nc2ncccc23)cc1F. The van der Waals surface area contributed by atoms with Crippen molar-refractivity contribution in [2.24, 2.45) is 4.99 Å². The van der Waals surface area contributed by atoms with Gasteiger partial charge in [0.2, 0.25) is 0 Å². The lowest BCUT2D eigenvalue weighted by Gasteiger charge is -2.27. The lowest BCUT2D eigenvalue weighted by molar-refractivity contribution is 0.344. The zero-order valence-corrected chi connectivity index (χ0v) is 15.2. The standard InChI is InChI=1S/C21H16F2N6/c22-17-4-3-13(8-18(17)23)9-27-29-11-16-14-5-7-24-10-19(14)28-21-15(2-1-6-25-21)20(16)26-12-29/h1-8,10,12,27H,9,11H2,(H,25,28). The number of hydrazine groups is 1. The molecular formula is C21H16F2N6. The van der Waals surface area contributed by atoms with Crippen LogP contribution in [0.1, 0.15) is 16.7 Å². The second kappa shape index (κ2) is 7.06. The van der Waals surface area contributed by atoms with Gasteiger partial charge in [-0.15, -0.1) is 0 Å². The van der Waals surface area contributed by atoms with Crippen LogP contribution in [0.2, 0.25) is 0 Å². The average molecular weight is 390 g/mol. The third kappa shape index (κ3) is 3.23. The Hall–Kier alpha value is -3.65. The van der Waals surface area contributed by atoms with Crippen molar-refractivity contribution in [2.45, 2.75) is 6.54 Å². The number of hydrogen-bond acceptors (Lipinski definition) is 6. The van der Waals surface area contributed by atoms with Gasteiger partial charge in [-0.25, -0.2) is 24.2 Å². The van der Waals surface area contributed by atoms with Crippen LogP contribution < -0.4 is 10.7 Å². The van der Waals surface area contributed by atoms with Crippen molar-refractivity contribution in [3.63, 3.8) is 0 Å². The van der Waals surface area contributed by atoms with Gasteiger partial charge in [-0.3, -0.25) is 9.99 Å². The van der Waals surface area contributed by atoms with E-state index in [1.807, 2.05) is 23.2 Å². The van der Waals surface area contributed by atoms with E-state index in [1.54, 1.807) is 31.0 Å². The van der Waals surface area contributed by atoms with E-state index in [-0.39, 0.29) is 0 Å². The molecule has 4 heterocycles. The number of pyridine rings is 2. The molecule has 0 aliphatic carbocycles. The minimum Gasteiger partial charge on any atom is -0.338 e. The van der Waals surface area contributed by atoms with Crippen LogP contribution in [-0.4, -0.2) is 27.9 Å². The van der Waals surface area contributed by atoms with Crippen LogP contribution in [0.3, 0.4) is 0 Å². The van der Waals surface area contributed by atoms with Gasteiger partial charge in [0.05, 0.1) is 24.1 Å². The van der Waals surface area contributed by atoms with Crippen molar-refractivity contribution in [2.75, 3.05) is 11.9 Å². The zero-order chi connectivity index (χ0) is 19.8. The van der Waals surface area contributed by atoms with Gasteiger partial charge in [-0.05, 0) is 35.9 Å². The van der Waals surface area contributed by atoms with Crippen LogP contribution in [0.5, 0.6) is 0 Å². The first-order valence-corrected chi connectivity index (χ1v) is 9.07. The fourth-order valence-electron chi connectivity index (χ4n) is 3.46. The molecule has 0 amide bonds. The molecule has 144 valence electrons.